The van der Waals surface area contributed by atoms with Gasteiger partial charge in [-0.05, 0) is 43.5 Å². The third-order valence-electron chi connectivity index (χ3n) is 3.60. The number of carboxylic acids is 1. The first-order chi connectivity index (χ1) is 9.58. The van der Waals surface area contributed by atoms with Gasteiger partial charge in [-0.25, -0.2) is 9.59 Å². The van der Waals surface area contributed by atoms with Gasteiger partial charge in [-0.1, -0.05) is 6.92 Å². The lowest BCUT2D eigenvalue weighted by molar-refractivity contribution is 0.0697. The van der Waals surface area contributed by atoms with Gasteiger partial charge in [0.2, 0.25) is 0 Å². The summed E-state index contributed by atoms with van der Waals surface area (Å²) in [4.78, 5) is 27.0. The second kappa shape index (κ2) is 5.94. The van der Waals surface area contributed by atoms with Crippen LogP contribution in [-0.4, -0.2) is 41.6 Å². The topological polar surface area (TPSA) is 60.9 Å². The fourth-order valence-electron chi connectivity index (χ4n) is 2.56. The van der Waals surface area contributed by atoms with Crippen molar-refractivity contribution in [3.8, 4) is 0 Å². The highest BCUT2D eigenvalue weighted by Crippen LogP contribution is 2.29. The average Bonchev–Trinajstić information content (AvgIpc) is 2.86. The van der Waals surface area contributed by atoms with E-state index < -0.39 is 5.97 Å². The molecule has 5 nitrogen and oxygen atoms in total. The third-order valence-corrected chi connectivity index (χ3v) is 3.60. The lowest BCUT2D eigenvalue weighted by Crippen LogP contribution is -2.42. The van der Waals surface area contributed by atoms with Crippen molar-refractivity contribution in [3.05, 3.63) is 29.3 Å². The Morgan fingerprint density at radius 1 is 1.35 bits per heavy atom. The molecule has 20 heavy (non-hydrogen) atoms. The summed E-state index contributed by atoms with van der Waals surface area (Å²) in [6.45, 7) is 6.07. The minimum Gasteiger partial charge on any atom is -0.478 e. The van der Waals surface area contributed by atoms with E-state index in [1.54, 1.807) is 23.1 Å². The molecule has 0 unspecified atom stereocenters. The zero-order chi connectivity index (χ0) is 14.7. The minimum absolute atomic E-state index is 0.0103. The number of carbonyl (C=O) groups is 2. The summed E-state index contributed by atoms with van der Waals surface area (Å²) in [5.41, 5.74) is 2.05. The maximum absolute atomic E-state index is 12.5. The van der Waals surface area contributed by atoms with Crippen LogP contribution < -0.4 is 4.90 Å². The Bertz CT molecular complexity index is 528. The number of benzene rings is 1. The van der Waals surface area contributed by atoms with Gasteiger partial charge in [-0.2, -0.15) is 0 Å². The van der Waals surface area contributed by atoms with E-state index in [2.05, 4.69) is 0 Å². The molecule has 1 aliphatic heterocycles. The van der Waals surface area contributed by atoms with Gasteiger partial charge in [-0.15, -0.1) is 0 Å². The van der Waals surface area contributed by atoms with Crippen LogP contribution in [0.3, 0.4) is 0 Å². The Kier molecular flexibility index (Phi) is 4.27. The molecule has 0 bridgehead atoms. The molecule has 0 radical (unpaired) electrons. The second-order valence-corrected chi connectivity index (χ2v) is 4.91. The van der Waals surface area contributed by atoms with Crippen LogP contribution in [0.2, 0.25) is 0 Å². The van der Waals surface area contributed by atoms with Crippen LogP contribution in [0.1, 0.15) is 36.2 Å². The summed E-state index contributed by atoms with van der Waals surface area (Å²) >= 11 is 0. The van der Waals surface area contributed by atoms with Crippen LogP contribution in [0, 0.1) is 0 Å². The van der Waals surface area contributed by atoms with Crippen LogP contribution in [0.4, 0.5) is 10.5 Å². The molecule has 0 atom stereocenters. The van der Waals surface area contributed by atoms with Crippen molar-refractivity contribution >= 4 is 17.7 Å². The zero-order valence-electron chi connectivity index (χ0n) is 11.9. The zero-order valence-corrected chi connectivity index (χ0v) is 11.9. The summed E-state index contributed by atoms with van der Waals surface area (Å²) in [6, 6.07) is 4.98. The monoisotopic (exact) mass is 276 g/mol. The molecule has 1 aromatic rings. The Morgan fingerprint density at radius 3 is 2.70 bits per heavy atom. The van der Waals surface area contributed by atoms with Gasteiger partial charge in [0.05, 0.1) is 5.56 Å². The molecule has 0 saturated heterocycles. The number of amides is 2. The second-order valence-electron chi connectivity index (χ2n) is 4.91. The molecule has 1 aliphatic rings. The van der Waals surface area contributed by atoms with Crippen LogP contribution in [0.25, 0.3) is 0 Å². The summed E-state index contributed by atoms with van der Waals surface area (Å²) in [6.07, 6.45) is 1.64. The van der Waals surface area contributed by atoms with Gasteiger partial charge in [-0.3, -0.25) is 4.90 Å². The van der Waals surface area contributed by atoms with E-state index >= 15 is 0 Å². The van der Waals surface area contributed by atoms with E-state index in [4.69, 9.17) is 5.11 Å². The smallest absolute Gasteiger partial charge is 0.335 e. The number of anilines is 1. The number of hydrogen-bond donors (Lipinski definition) is 1. The number of aromatic carboxylic acids is 1. The Labute approximate surface area is 118 Å². The highest BCUT2D eigenvalue weighted by atomic mass is 16.4. The van der Waals surface area contributed by atoms with Crippen molar-refractivity contribution in [1.29, 1.82) is 0 Å². The molecule has 2 rings (SSSR count). The van der Waals surface area contributed by atoms with Crippen molar-refractivity contribution in [3.63, 3.8) is 0 Å². The van der Waals surface area contributed by atoms with E-state index in [0.717, 1.165) is 24.2 Å². The molecule has 0 aromatic heterocycles. The van der Waals surface area contributed by atoms with Gasteiger partial charge >= 0.3 is 12.0 Å². The Morgan fingerprint density at radius 2 is 2.10 bits per heavy atom. The summed E-state index contributed by atoms with van der Waals surface area (Å²) < 4.78 is 0. The maximum atomic E-state index is 12.5. The molecule has 0 saturated carbocycles. The number of carbonyl (C=O) groups excluding carboxylic acids is 1. The van der Waals surface area contributed by atoms with E-state index in [1.807, 2.05) is 18.7 Å². The highest BCUT2D eigenvalue weighted by Gasteiger charge is 2.28. The molecule has 0 fully saturated rings. The summed E-state index contributed by atoms with van der Waals surface area (Å²) in [7, 11) is 0. The van der Waals surface area contributed by atoms with Crippen LogP contribution in [0.5, 0.6) is 0 Å². The molecule has 1 heterocycles. The fraction of sp³-hybridized carbons (Fsp3) is 0.467. The number of fused-ring (bicyclic) bond motifs is 1. The first-order valence-electron chi connectivity index (χ1n) is 7.01. The van der Waals surface area contributed by atoms with E-state index in [1.165, 1.54) is 0 Å². The van der Waals surface area contributed by atoms with Gasteiger partial charge in [0, 0.05) is 25.3 Å². The van der Waals surface area contributed by atoms with Crippen molar-refractivity contribution in [2.24, 2.45) is 0 Å². The predicted molar refractivity (Wildman–Crippen MR) is 77.4 cm³/mol. The van der Waals surface area contributed by atoms with Gasteiger partial charge in [0.15, 0.2) is 0 Å². The molecular formula is C15H20N2O3. The van der Waals surface area contributed by atoms with Crippen LogP contribution in [-0.2, 0) is 6.42 Å². The maximum Gasteiger partial charge on any atom is 0.335 e. The van der Waals surface area contributed by atoms with Crippen molar-refractivity contribution in [2.75, 3.05) is 24.5 Å². The lowest BCUT2D eigenvalue weighted by Gasteiger charge is -2.27. The summed E-state index contributed by atoms with van der Waals surface area (Å²) in [5.74, 6) is -0.932. The van der Waals surface area contributed by atoms with Crippen molar-refractivity contribution in [2.45, 2.75) is 26.7 Å². The number of rotatable bonds is 4. The average molecular weight is 276 g/mol. The molecule has 0 spiro atoms. The predicted octanol–water partition coefficient (Wildman–Crippen LogP) is 2.60. The van der Waals surface area contributed by atoms with E-state index in [-0.39, 0.29) is 11.6 Å². The molecule has 5 heteroatoms. The number of hydrogen-bond acceptors (Lipinski definition) is 2. The molecule has 1 aromatic carbocycles. The first kappa shape index (κ1) is 14.4. The van der Waals surface area contributed by atoms with Gasteiger partial charge in [0.1, 0.15) is 0 Å². The summed E-state index contributed by atoms with van der Waals surface area (Å²) in [5, 5.41) is 9.00. The number of nitrogens with zero attached hydrogens (tertiary/aromatic N) is 2. The van der Waals surface area contributed by atoms with Gasteiger partial charge < -0.3 is 10.0 Å². The first-order valence-corrected chi connectivity index (χ1v) is 7.01. The van der Waals surface area contributed by atoms with Crippen molar-refractivity contribution < 1.29 is 14.7 Å². The van der Waals surface area contributed by atoms with Crippen LogP contribution >= 0.6 is 0 Å². The molecular weight excluding hydrogens is 256 g/mol. The fourth-order valence-corrected chi connectivity index (χ4v) is 2.56. The molecule has 2 amide bonds. The molecule has 108 valence electrons. The molecule has 1 N–H and O–H groups in total. The molecule has 0 aliphatic carbocycles. The van der Waals surface area contributed by atoms with E-state index in [9.17, 15) is 9.59 Å². The standard InChI is InChI=1S/C15H20N2O3/c1-3-8-16(4-2)15(20)17-9-7-11-10-12(14(18)19)5-6-13(11)17/h5-6,10H,3-4,7-9H2,1-2H3,(H,18,19). The quantitative estimate of drug-likeness (QED) is 0.919. The highest BCUT2D eigenvalue weighted by molar-refractivity contribution is 5.96. The Balaban J connectivity index is 2.23. The third kappa shape index (κ3) is 2.61. The van der Waals surface area contributed by atoms with Crippen LogP contribution in [0.15, 0.2) is 18.2 Å². The largest absolute Gasteiger partial charge is 0.478 e. The van der Waals surface area contributed by atoms with E-state index in [0.29, 0.717) is 19.5 Å². The SMILES string of the molecule is CCCN(CC)C(=O)N1CCc2cc(C(=O)O)ccc21. The van der Waals surface area contributed by atoms with Gasteiger partial charge in [0.25, 0.3) is 0 Å². The minimum atomic E-state index is -0.932. The normalized spacial score (nSPS) is 13.2. The number of carboxylic acid groups (broad SMARTS) is 1. The van der Waals surface area contributed by atoms with Crippen molar-refractivity contribution in [1.82, 2.24) is 4.90 Å². The lowest BCUT2D eigenvalue weighted by atomic mass is 10.1. The number of urea groups is 1. The Hall–Kier alpha value is -2.04.